The van der Waals surface area contributed by atoms with Gasteiger partial charge in [0, 0.05) is 6.42 Å². The number of carbonyl (C=O) groups is 1. The number of benzene rings is 1. The Bertz CT molecular complexity index is 483. The van der Waals surface area contributed by atoms with E-state index in [0.29, 0.717) is 6.61 Å². The molecule has 2 rings (SSSR count). The van der Waals surface area contributed by atoms with Gasteiger partial charge in [-0.15, -0.1) is 0 Å². The van der Waals surface area contributed by atoms with Crippen molar-refractivity contribution in [2.45, 2.75) is 51.3 Å². The molecule has 0 radical (unpaired) electrons. The normalized spacial score (nSPS) is 23.8. The highest BCUT2D eigenvalue weighted by atomic mass is 28.4. The number of ether oxygens (including phenoxy) is 2. The van der Waals surface area contributed by atoms with E-state index in [1.165, 1.54) is 5.56 Å². The smallest absolute Gasteiger partial charge is 0.242 e. The van der Waals surface area contributed by atoms with Gasteiger partial charge in [-0.1, -0.05) is 19.1 Å². The first kappa shape index (κ1) is 16.2. The van der Waals surface area contributed by atoms with E-state index in [1.807, 2.05) is 12.1 Å². The third-order valence-electron chi connectivity index (χ3n) is 3.32. The standard InChI is InChI=1S/C16H24O4Si/c1-12(8-16-18-11-15(10-17)19-16)13-6-5-7-14(9-13)20-21(2,3)4/h5-7,9-10,12,15-16H,8,11H2,1-4H3. The molecule has 1 fully saturated rings. The molecular formula is C16H24O4Si. The fourth-order valence-corrected chi connectivity index (χ4v) is 3.17. The molecule has 1 aromatic rings. The van der Waals surface area contributed by atoms with Gasteiger partial charge in [0.1, 0.15) is 11.9 Å². The maximum Gasteiger partial charge on any atom is 0.242 e. The minimum absolute atomic E-state index is 0.283. The number of hydrogen-bond acceptors (Lipinski definition) is 4. The molecule has 1 aliphatic heterocycles. The van der Waals surface area contributed by atoms with Gasteiger partial charge in [-0.2, -0.15) is 0 Å². The molecule has 0 bridgehead atoms. The van der Waals surface area contributed by atoms with E-state index in [-0.39, 0.29) is 12.2 Å². The van der Waals surface area contributed by atoms with Crippen molar-refractivity contribution in [1.82, 2.24) is 0 Å². The quantitative estimate of drug-likeness (QED) is 0.597. The Hall–Kier alpha value is -1.17. The van der Waals surface area contributed by atoms with E-state index in [0.717, 1.165) is 18.5 Å². The van der Waals surface area contributed by atoms with Crippen molar-refractivity contribution in [3.05, 3.63) is 29.8 Å². The highest BCUT2D eigenvalue weighted by Crippen LogP contribution is 2.28. The van der Waals surface area contributed by atoms with Crippen molar-refractivity contribution in [3.8, 4) is 5.75 Å². The fraction of sp³-hybridized carbons (Fsp3) is 0.562. The van der Waals surface area contributed by atoms with Crippen molar-refractivity contribution in [3.63, 3.8) is 0 Å². The first-order chi connectivity index (χ1) is 9.87. The summed E-state index contributed by atoms with van der Waals surface area (Å²) in [5, 5.41) is 0. The maximum absolute atomic E-state index is 10.7. The minimum atomic E-state index is -1.59. The highest BCUT2D eigenvalue weighted by Gasteiger charge is 2.27. The van der Waals surface area contributed by atoms with E-state index >= 15 is 0 Å². The summed E-state index contributed by atoms with van der Waals surface area (Å²) >= 11 is 0. The first-order valence-corrected chi connectivity index (χ1v) is 10.8. The van der Waals surface area contributed by atoms with Crippen LogP contribution in [0.1, 0.15) is 24.8 Å². The molecule has 1 aliphatic rings. The van der Waals surface area contributed by atoms with E-state index in [4.69, 9.17) is 13.9 Å². The third-order valence-corrected chi connectivity index (χ3v) is 4.17. The van der Waals surface area contributed by atoms with Crippen molar-refractivity contribution in [2.75, 3.05) is 6.61 Å². The monoisotopic (exact) mass is 308 g/mol. The molecule has 21 heavy (non-hydrogen) atoms. The Labute approximate surface area is 127 Å². The molecule has 4 nitrogen and oxygen atoms in total. The molecule has 0 aliphatic carbocycles. The van der Waals surface area contributed by atoms with Gasteiger partial charge < -0.3 is 18.7 Å². The number of aldehydes is 1. The Morgan fingerprint density at radius 3 is 2.81 bits per heavy atom. The lowest BCUT2D eigenvalue weighted by Crippen LogP contribution is -2.29. The Morgan fingerprint density at radius 2 is 2.19 bits per heavy atom. The molecule has 1 aromatic carbocycles. The Morgan fingerprint density at radius 1 is 1.43 bits per heavy atom. The average molecular weight is 308 g/mol. The second kappa shape index (κ2) is 6.73. The second-order valence-corrected chi connectivity index (χ2v) is 10.9. The van der Waals surface area contributed by atoms with Crippen molar-refractivity contribution >= 4 is 14.6 Å². The van der Waals surface area contributed by atoms with Crippen LogP contribution in [0.15, 0.2) is 24.3 Å². The highest BCUT2D eigenvalue weighted by molar-refractivity contribution is 6.70. The van der Waals surface area contributed by atoms with Crippen LogP contribution in [0.3, 0.4) is 0 Å². The molecule has 0 amide bonds. The summed E-state index contributed by atoms with van der Waals surface area (Å²) < 4.78 is 17.0. The van der Waals surface area contributed by atoms with Crippen LogP contribution >= 0.6 is 0 Å². The lowest BCUT2D eigenvalue weighted by atomic mass is 9.97. The summed E-state index contributed by atoms with van der Waals surface area (Å²) in [5.41, 5.74) is 1.20. The molecule has 5 heteroatoms. The van der Waals surface area contributed by atoms with E-state index in [1.54, 1.807) is 0 Å². The third kappa shape index (κ3) is 4.95. The molecule has 3 unspecified atom stereocenters. The summed E-state index contributed by atoms with van der Waals surface area (Å²) in [6.45, 7) is 9.00. The number of carbonyl (C=O) groups excluding carboxylic acids is 1. The molecule has 1 saturated heterocycles. The average Bonchev–Trinajstić information content (AvgIpc) is 2.84. The van der Waals surface area contributed by atoms with Crippen LogP contribution in [0.25, 0.3) is 0 Å². The topological polar surface area (TPSA) is 44.8 Å². The Kier molecular flexibility index (Phi) is 5.19. The zero-order valence-electron chi connectivity index (χ0n) is 13.2. The molecular weight excluding hydrogens is 284 g/mol. The molecule has 1 heterocycles. The van der Waals surface area contributed by atoms with E-state index in [2.05, 4.69) is 38.7 Å². The van der Waals surface area contributed by atoms with Crippen LogP contribution in [0.2, 0.25) is 19.6 Å². The molecule has 0 aromatic heterocycles. The van der Waals surface area contributed by atoms with Crippen LogP contribution in [0.5, 0.6) is 5.75 Å². The first-order valence-electron chi connectivity index (χ1n) is 7.39. The zero-order chi connectivity index (χ0) is 15.5. The summed E-state index contributed by atoms with van der Waals surface area (Å²) in [4.78, 5) is 10.7. The lowest BCUT2D eigenvalue weighted by molar-refractivity contribution is -0.120. The van der Waals surface area contributed by atoms with Gasteiger partial charge in [-0.05, 0) is 43.3 Å². The second-order valence-electron chi connectivity index (χ2n) is 6.50. The van der Waals surface area contributed by atoms with Crippen LogP contribution in [0, 0.1) is 0 Å². The Balaban J connectivity index is 1.97. The van der Waals surface area contributed by atoms with Crippen molar-refractivity contribution in [2.24, 2.45) is 0 Å². The van der Waals surface area contributed by atoms with Gasteiger partial charge in [-0.3, -0.25) is 0 Å². The van der Waals surface area contributed by atoms with E-state index < -0.39 is 14.4 Å². The predicted octanol–water partition coefficient (Wildman–Crippen LogP) is 3.33. The number of hydrogen-bond donors (Lipinski definition) is 0. The molecule has 116 valence electrons. The van der Waals surface area contributed by atoms with Gasteiger partial charge in [-0.25, -0.2) is 0 Å². The largest absolute Gasteiger partial charge is 0.544 e. The summed E-state index contributed by atoms with van der Waals surface area (Å²) in [6.07, 6.45) is 0.828. The SMILES string of the molecule is CC(CC1OCC(C=O)O1)c1cccc(O[Si](C)(C)C)c1. The van der Waals surface area contributed by atoms with E-state index in [9.17, 15) is 4.79 Å². The van der Waals surface area contributed by atoms with Crippen LogP contribution in [-0.4, -0.2) is 33.6 Å². The van der Waals surface area contributed by atoms with Gasteiger partial charge in [0.05, 0.1) is 6.61 Å². The fourth-order valence-electron chi connectivity index (χ4n) is 2.33. The van der Waals surface area contributed by atoms with Gasteiger partial charge in [0.25, 0.3) is 0 Å². The molecule has 0 spiro atoms. The number of rotatable bonds is 6. The van der Waals surface area contributed by atoms with Gasteiger partial charge >= 0.3 is 0 Å². The lowest BCUT2D eigenvalue weighted by Gasteiger charge is -2.21. The summed E-state index contributed by atoms with van der Waals surface area (Å²) in [7, 11) is -1.59. The van der Waals surface area contributed by atoms with Crippen LogP contribution in [-0.2, 0) is 14.3 Å². The van der Waals surface area contributed by atoms with Crippen molar-refractivity contribution in [1.29, 1.82) is 0 Å². The maximum atomic E-state index is 10.7. The van der Waals surface area contributed by atoms with Crippen LogP contribution < -0.4 is 4.43 Å². The van der Waals surface area contributed by atoms with Crippen molar-refractivity contribution < 1.29 is 18.7 Å². The summed E-state index contributed by atoms with van der Waals surface area (Å²) in [5.74, 6) is 1.21. The molecule has 3 atom stereocenters. The summed E-state index contributed by atoms with van der Waals surface area (Å²) in [6, 6.07) is 8.20. The van der Waals surface area contributed by atoms with Crippen LogP contribution in [0.4, 0.5) is 0 Å². The van der Waals surface area contributed by atoms with Gasteiger partial charge in [0.2, 0.25) is 8.32 Å². The predicted molar refractivity (Wildman–Crippen MR) is 84.1 cm³/mol. The molecule has 0 N–H and O–H groups in total. The van der Waals surface area contributed by atoms with Gasteiger partial charge in [0.15, 0.2) is 12.6 Å². The zero-order valence-corrected chi connectivity index (χ0v) is 14.2. The molecule has 0 saturated carbocycles. The minimum Gasteiger partial charge on any atom is -0.544 e.